The third-order valence-electron chi connectivity index (χ3n) is 6.35. The van der Waals surface area contributed by atoms with E-state index in [2.05, 4.69) is 21.4 Å². The summed E-state index contributed by atoms with van der Waals surface area (Å²) in [5.74, 6) is 2.09. The van der Waals surface area contributed by atoms with Gasteiger partial charge in [0.05, 0.1) is 25.5 Å². The van der Waals surface area contributed by atoms with Crippen LogP contribution >= 0.6 is 0 Å². The molecule has 3 aliphatic rings. The molecule has 2 aromatic rings. The van der Waals surface area contributed by atoms with Crippen molar-refractivity contribution in [2.24, 2.45) is 11.3 Å². The number of ether oxygens (including phenoxy) is 2. The Labute approximate surface area is 181 Å². The Balaban J connectivity index is 1.25. The highest BCUT2D eigenvalue weighted by atomic mass is 16.5. The van der Waals surface area contributed by atoms with Crippen molar-refractivity contribution < 1.29 is 14.3 Å². The SMILES string of the molecule is N#C[C@@]1(C2CC2)CCN(c2ccnc(Nc3ccc(OC4CCOCC4)cn3)c2)C1=O. The molecule has 0 spiro atoms. The van der Waals surface area contributed by atoms with E-state index in [-0.39, 0.29) is 17.9 Å². The molecule has 0 unspecified atom stereocenters. The van der Waals surface area contributed by atoms with Gasteiger partial charge >= 0.3 is 0 Å². The maximum atomic E-state index is 13.0. The quantitative estimate of drug-likeness (QED) is 0.765. The van der Waals surface area contributed by atoms with Crippen molar-refractivity contribution in [1.29, 1.82) is 5.26 Å². The molecule has 160 valence electrons. The molecule has 4 heterocycles. The van der Waals surface area contributed by atoms with Gasteiger partial charge in [0.1, 0.15) is 28.9 Å². The molecule has 0 radical (unpaired) electrons. The van der Waals surface area contributed by atoms with Crippen molar-refractivity contribution in [3.63, 3.8) is 0 Å². The molecule has 31 heavy (non-hydrogen) atoms. The minimum absolute atomic E-state index is 0.0811. The van der Waals surface area contributed by atoms with Crippen LogP contribution in [0.2, 0.25) is 0 Å². The molecular formula is C23H25N5O3. The number of nitrogens with one attached hydrogen (secondary N) is 1. The second kappa shape index (κ2) is 8.16. The van der Waals surface area contributed by atoms with Gasteiger partial charge in [-0.05, 0) is 43.4 Å². The molecule has 1 atom stereocenters. The zero-order chi connectivity index (χ0) is 21.3. The van der Waals surface area contributed by atoms with Gasteiger partial charge in [0.25, 0.3) is 0 Å². The lowest BCUT2D eigenvalue weighted by molar-refractivity contribution is -0.123. The van der Waals surface area contributed by atoms with Crippen LogP contribution in [0.5, 0.6) is 5.75 Å². The number of anilines is 3. The summed E-state index contributed by atoms with van der Waals surface area (Å²) in [4.78, 5) is 23.5. The fourth-order valence-corrected chi connectivity index (χ4v) is 4.43. The standard InChI is InChI=1S/C23H25N5O3/c24-15-23(16-1-2-16)8-10-28(22(23)29)17-5-9-25-21(13-17)27-20-4-3-19(14-26-20)31-18-6-11-30-12-7-18/h3-5,9,13-14,16,18H,1-2,6-8,10-12H2,(H,25,26,27)/t23-/m1/s1. The molecule has 2 aromatic heterocycles. The molecule has 2 aliphatic heterocycles. The average molecular weight is 419 g/mol. The van der Waals surface area contributed by atoms with Gasteiger partial charge in [0, 0.05) is 37.3 Å². The Morgan fingerprint density at radius 2 is 2.00 bits per heavy atom. The van der Waals surface area contributed by atoms with Crippen LogP contribution in [0.25, 0.3) is 0 Å². The average Bonchev–Trinajstić information content (AvgIpc) is 3.60. The number of hydrogen-bond donors (Lipinski definition) is 1. The summed E-state index contributed by atoms with van der Waals surface area (Å²) < 4.78 is 11.3. The minimum Gasteiger partial charge on any atom is -0.489 e. The van der Waals surface area contributed by atoms with E-state index >= 15 is 0 Å². The summed E-state index contributed by atoms with van der Waals surface area (Å²) >= 11 is 0. The van der Waals surface area contributed by atoms with E-state index in [4.69, 9.17) is 9.47 Å². The predicted molar refractivity (Wildman–Crippen MR) is 114 cm³/mol. The van der Waals surface area contributed by atoms with Crippen LogP contribution in [0.1, 0.15) is 32.1 Å². The summed E-state index contributed by atoms with van der Waals surface area (Å²) in [7, 11) is 0. The van der Waals surface area contributed by atoms with Crippen LogP contribution in [-0.2, 0) is 9.53 Å². The van der Waals surface area contributed by atoms with E-state index in [0.717, 1.165) is 50.3 Å². The normalized spacial score (nSPS) is 24.1. The molecule has 5 rings (SSSR count). The third kappa shape index (κ3) is 3.93. The number of hydrogen-bond acceptors (Lipinski definition) is 7. The Hall–Kier alpha value is -3.18. The molecule has 8 nitrogen and oxygen atoms in total. The minimum atomic E-state index is -0.849. The Morgan fingerprint density at radius 1 is 1.16 bits per heavy atom. The van der Waals surface area contributed by atoms with Crippen molar-refractivity contribution >= 4 is 23.2 Å². The lowest BCUT2D eigenvalue weighted by atomic mass is 9.83. The van der Waals surface area contributed by atoms with Crippen LogP contribution in [0.3, 0.4) is 0 Å². The summed E-state index contributed by atoms with van der Waals surface area (Å²) in [6.45, 7) is 2.02. The monoisotopic (exact) mass is 419 g/mol. The highest BCUT2D eigenvalue weighted by molar-refractivity contribution is 6.02. The molecule has 1 aliphatic carbocycles. The first-order chi connectivity index (χ1) is 15.2. The summed E-state index contributed by atoms with van der Waals surface area (Å²) in [6, 6.07) is 9.69. The molecule has 2 saturated heterocycles. The van der Waals surface area contributed by atoms with E-state index in [1.807, 2.05) is 24.3 Å². The summed E-state index contributed by atoms with van der Waals surface area (Å²) in [5.41, 5.74) is -0.0987. The fourth-order valence-electron chi connectivity index (χ4n) is 4.43. The Kier molecular flexibility index (Phi) is 5.20. The topological polar surface area (TPSA) is 100 Å². The molecule has 1 saturated carbocycles. The molecule has 0 bridgehead atoms. The van der Waals surface area contributed by atoms with Gasteiger partial charge in [0.2, 0.25) is 5.91 Å². The molecular weight excluding hydrogens is 394 g/mol. The Morgan fingerprint density at radius 3 is 2.71 bits per heavy atom. The van der Waals surface area contributed by atoms with Gasteiger partial charge in [-0.15, -0.1) is 0 Å². The molecule has 0 aromatic carbocycles. The van der Waals surface area contributed by atoms with Crippen molar-refractivity contribution in [3.8, 4) is 11.8 Å². The van der Waals surface area contributed by atoms with Crippen LogP contribution in [0, 0.1) is 22.7 Å². The first kappa shape index (κ1) is 19.8. The maximum Gasteiger partial charge on any atom is 0.247 e. The van der Waals surface area contributed by atoms with Gasteiger partial charge in [-0.2, -0.15) is 5.26 Å². The number of pyridine rings is 2. The number of nitriles is 1. The lowest BCUT2D eigenvalue weighted by Crippen LogP contribution is -2.35. The summed E-state index contributed by atoms with van der Waals surface area (Å²) in [6.07, 6.45) is 7.83. The van der Waals surface area contributed by atoms with Crippen LogP contribution in [0.15, 0.2) is 36.7 Å². The van der Waals surface area contributed by atoms with Crippen molar-refractivity contribution in [2.45, 2.75) is 38.2 Å². The zero-order valence-corrected chi connectivity index (χ0v) is 17.3. The number of amides is 1. The zero-order valence-electron chi connectivity index (χ0n) is 17.3. The summed E-state index contributed by atoms with van der Waals surface area (Å²) in [5, 5.41) is 12.9. The highest BCUT2D eigenvalue weighted by Gasteiger charge is 2.56. The van der Waals surface area contributed by atoms with Gasteiger partial charge in [-0.25, -0.2) is 9.97 Å². The highest BCUT2D eigenvalue weighted by Crippen LogP contribution is 2.51. The largest absolute Gasteiger partial charge is 0.489 e. The molecule has 1 amide bonds. The van der Waals surface area contributed by atoms with Gasteiger partial charge in [-0.1, -0.05) is 0 Å². The van der Waals surface area contributed by atoms with Gasteiger partial charge < -0.3 is 19.7 Å². The predicted octanol–water partition coefficient (Wildman–Crippen LogP) is 3.43. The van der Waals surface area contributed by atoms with E-state index in [1.165, 1.54) is 0 Å². The number of nitrogens with zero attached hydrogens (tertiary/aromatic N) is 4. The number of aromatic nitrogens is 2. The third-order valence-corrected chi connectivity index (χ3v) is 6.35. The van der Waals surface area contributed by atoms with E-state index in [9.17, 15) is 10.1 Å². The van der Waals surface area contributed by atoms with Crippen molar-refractivity contribution in [2.75, 3.05) is 30.0 Å². The number of carbonyl (C=O) groups is 1. The van der Waals surface area contributed by atoms with Crippen LogP contribution in [-0.4, -0.2) is 41.7 Å². The Bertz CT molecular complexity index is 995. The van der Waals surface area contributed by atoms with Gasteiger partial charge in [0.15, 0.2) is 0 Å². The van der Waals surface area contributed by atoms with Crippen molar-refractivity contribution in [1.82, 2.24) is 9.97 Å². The first-order valence-corrected chi connectivity index (χ1v) is 10.8. The van der Waals surface area contributed by atoms with Crippen LogP contribution < -0.4 is 15.0 Å². The smallest absolute Gasteiger partial charge is 0.247 e. The molecule has 3 fully saturated rings. The molecule has 1 N–H and O–H groups in total. The van der Waals surface area contributed by atoms with E-state index in [0.29, 0.717) is 24.6 Å². The maximum absolute atomic E-state index is 13.0. The second-order valence-corrected chi connectivity index (χ2v) is 8.40. The number of rotatable bonds is 6. The molecule has 8 heteroatoms. The fraction of sp³-hybridized carbons (Fsp3) is 0.478. The first-order valence-electron chi connectivity index (χ1n) is 10.8. The van der Waals surface area contributed by atoms with Crippen LogP contribution in [0.4, 0.5) is 17.3 Å². The second-order valence-electron chi connectivity index (χ2n) is 8.40. The van der Waals surface area contributed by atoms with Gasteiger partial charge in [-0.3, -0.25) is 4.79 Å². The van der Waals surface area contributed by atoms with Crippen molar-refractivity contribution in [3.05, 3.63) is 36.7 Å². The number of carbonyl (C=O) groups excluding carboxylic acids is 1. The lowest BCUT2D eigenvalue weighted by Gasteiger charge is -2.23. The van der Waals surface area contributed by atoms with E-state index < -0.39 is 5.41 Å². The van der Waals surface area contributed by atoms with E-state index in [1.54, 1.807) is 17.3 Å².